The first-order valence-corrected chi connectivity index (χ1v) is 8.45. The summed E-state index contributed by atoms with van der Waals surface area (Å²) in [6, 6.07) is 7.63. The topological polar surface area (TPSA) is 61.9 Å². The van der Waals surface area contributed by atoms with Crippen molar-refractivity contribution in [3.63, 3.8) is 0 Å². The number of rotatable bonds is 4. The SMILES string of the molecule is COc1ccc(CC(=O)N2CCCN(C(=O)NC(C)C)CC2)cc1. The Kier molecular flexibility index (Phi) is 6.46. The molecule has 132 valence electrons. The summed E-state index contributed by atoms with van der Waals surface area (Å²) in [6.07, 6.45) is 1.18. The van der Waals surface area contributed by atoms with Crippen LogP contribution in [-0.4, -0.2) is 61.1 Å². The molecule has 0 bridgehead atoms. The number of amides is 3. The first-order chi connectivity index (χ1) is 11.5. The second-order valence-corrected chi connectivity index (χ2v) is 6.35. The molecule has 1 heterocycles. The van der Waals surface area contributed by atoms with Gasteiger partial charge < -0.3 is 19.9 Å². The van der Waals surface area contributed by atoms with Crippen molar-refractivity contribution in [1.82, 2.24) is 15.1 Å². The van der Waals surface area contributed by atoms with Crippen molar-refractivity contribution in [3.8, 4) is 5.75 Å². The van der Waals surface area contributed by atoms with Gasteiger partial charge in [-0.2, -0.15) is 0 Å². The zero-order valence-electron chi connectivity index (χ0n) is 14.7. The van der Waals surface area contributed by atoms with Gasteiger partial charge in [-0.3, -0.25) is 4.79 Å². The van der Waals surface area contributed by atoms with Crippen molar-refractivity contribution >= 4 is 11.9 Å². The lowest BCUT2D eigenvalue weighted by Gasteiger charge is -2.23. The molecular formula is C18H27N3O3. The predicted octanol–water partition coefficient (Wildman–Crippen LogP) is 1.89. The number of hydrogen-bond donors (Lipinski definition) is 1. The minimum atomic E-state index is -0.0468. The van der Waals surface area contributed by atoms with Crippen LogP contribution in [0.25, 0.3) is 0 Å². The van der Waals surface area contributed by atoms with Gasteiger partial charge in [-0.15, -0.1) is 0 Å². The highest BCUT2D eigenvalue weighted by Gasteiger charge is 2.22. The first-order valence-electron chi connectivity index (χ1n) is 8.45. The second-order valence-electron chi connectivity index (χ2n) is 6.35. The predicted molar refractivity (Wildman–Crippen MR) is 93.1 cm³/mol. The normalized spacial score (nSPS) is 15.2. The maximum atomic E-state index is 12.5. The Hall–Kier alpha value is -2.24. The molecule has 6 nitrogen and oxygen atoms in total. The number of hydrogen-bond acceptors (Lipinski definition) is 3. The molecule has 0 atom stereocenters. The van der Waals surface area contributed by atoms with Crippen LogP contribution < -0.4 is 10.1 Å². The molecule has 1 fully saturated rings. The molecular weight excluding hydrogens is 306 g/mol. The van der Waals surface area contributed by atoms with Gasteiger partial charge in [0.15, 0.2) is 0 Å². The van der Waals surface area contributed by atoms with Gasteiger partial charge >= 0.3 is 6.03 Å². The van der Waals surface area contributed by atoms with Crippen LogP contribution in [0.15, 0.2) is 24.3 Å². The van der Waals surface area contributed by atoms with Crippen LogP contribution >= 0.6 is 0 Å². The van der Waals surface area contributed by atoms with Gasteiger partial charge in [-0.1, -0.05) is 12.1 Å². The van der Waals surface area contributed by atoms with Crippen LogP contribution in [-0.2, 0) is 11.2 Å². The Morgan fingerprint density at radius 3 is 2.33 bits per heavy atom. The Labute approximate surface area is 143 Å². The molecule has 3 amide bonds. The first kappa shape index (κ1) is 18.1. The number of urea groups is 1. The van der Waals surface area contributed by atoms with Gasteiger partial charge in [-0.25, -0.2) is 4.79 Å². The van der Waals surface area contributed by atoms with E-state index >= 15 is 0 Å². The van der Waals surface area contributed by atoms with Crippen LogP contribution in [0.3, 0.4) is 0 Å². The second kappa shape index (κ2) is 8.57. The summed E-state index contributed by atoms with van der Waals surface area (Å²) >= 11 is 0. The highest BCUT2D eigenvalue weighted by molar-refractivity contribution is 5.79. The Bertz CT molecular complexity index is 557. The monoisotopic (exact) mass is 333 g/mol. The molecule has 6 heteroatoms. The maximum Gasteiger partial charge on any atom is 0.317 e. The number of methoxy groups -OCH3 is 1. The number of benzene rings is 1. The van der Waals surface area contributed by atoms with Gasteiger partial charge in [0.2, 0.25) is 5.91 Å². The molecule has 0 spiro atoms. The Morgan fingerprint density at radius 1 is 1.08 bits per heavy atom. The molecule has 1 aliphatic rings. The molecule has 0 unspecified atom stereocenters. The molecule has 0 saturated carbocycles. The quantitative estimate of drug-likeness (QED) is 0.915. The number of nitrogens with zero attached hydrogens (tertiary/aromatic N) is 2. The molecule has 1 aromatic rings. The van der Waals surface area contributed by atoms with Gasteiger partial charge in [0.1, 0.15) is 5.75 Å². The summed E-state index contributed by atoms with van der Waals surface area (Å²) in [5.41, 5.74) is 0.972. The van der Waals surface area contributed by atoms with E-state index in [1.54, 1.807) is 12.0 Å². The van der Waals surface area contributed by atoms with E-state index in [4.69, 9.17) is 4.74 Å². The third kappa shape index (κ3) is 5.15. The Morgan fingerprint density at radius 2 is 1.71 bits per heavy atom. The number of carbonyl (C=O) groups excluding carboxylic acids is 2. The molecule has 1 saturated heterocycles. The molecule has 2 rings (SSSR count). The van der Waals surface area contributed by atoms with E-state index in [0.717, 1.165) is 17.7 Å². The third-order valence-electron chi connectivity index (χ3n) is 4.06. The number of nitrogens with one attached hydrogen (secondary N) is 1. The molecule has 1 N–H and O–H groups in total. The van der Waals surface area contributed by atoms with E-state index in [1.807, 2.05) is 43.0 Å². The van der Waals surface area contributed by atoms with Crippen molar-refractivity contribution < 1.29 is 14.3 Å². The summed E-state index contributed by atoms with van der Waals surface area (Å²) in [7, 11) is 1.62. The smallest absolute Gasteiger partial charge is 0.317 e. The van der Waals surface area contributed by atoms with E-state index in [9.17, 15) is 9.59 Å². The lowest BCUT2D eigenvalue weighted by Crippen LogP contribution is -2.45. The highest BCUT2D eigenvalue weighted by atomic mass is 16.5. The Balaban J connectivity index is 1.88. The largest absolute Gasteiger partial charge is 0.497 e. The van der Waals surface area contributed by atoms with Crippen molar-refractivity contribution in [1.29, 1.82) is 0 Å². The van der Waals surface area contributed by atoms with Crippen molar-refractivity contribution in [2.24, 2.45) is 0 Å². The lowest BCUT2D eigenvalue weighted by molar-refractivity contribution is -0.130. The average Bonchev–Trinajstić information content (AvgIpc) is 2.81. The fraction of sp³-hybridized carbons (Fsp3) is 0.556. The fourth-order valence-corrected chi connectivity index (χ4v) is 2.74. The van der Waals surface area contributed by atoms with E-state index in [2.05, 4.69) is 5.32 Å². The highest BCUT2D eigenvalue weighted by Crippen LogP contribution is 2.13. The molecule has 1 aliphatic heterocycles. The van der Waals surface area contributed by atoms with Gasteiger partial charge in [0.05, 0.1) is 13.5 Å². The molecule has 24 heavy (non-hydrogen) atoms. The summed E-state index contributed by atoms with van der Waals surface area (Å²) in [5, 5.41) is 2.91. The lowest BCUT2D eigenvalue weighted by atomic mass is 10.1. The van der Waals surface area contributed by atoms with Crippen LogP contribution in [0.2, 0.25) is 0 Å². The van der Waals surface area contributed by atoms with E-state index in [1.165, 1.54) is 0 Å². The zero-order chi connectivity index (χ0) is 17.5. The molecule has 0 radical (unpaired) electrons. The summed E-state index contributed by atoms with van der Waals surface area (Å²) in [4.78, 5) is 28.2. The standard InChI is InChI=1S/C18H27N3O3/c1-14(2)19-18(23)21-10-4-9-20(11-12-21)17(22)13-15-5-7-16(24-3)8-6-15/h5-8,14H,4,9-13H2,1-3H3,(H,19,23). The zero-order valence-corrected chi connectivity index (χ0v) is 14.7. The number of carbonyl (C=O) groups is 2. The third-order valence-corrected chi connectivity index (χ3v) is 4.06. The van der Waals surface area contributed by atoms with Crippen LogP contribution in [0.5, 0.6) is 5.75 Å². The van der Waals surface area contributed by atoms with Crippen LogP contribution in [0.1, 0.15) is 25.8 Å². The van der Waals surface area contributed by atoms with Crippen LogP contribution in [0.4, 0.5) is 4.79 Å². The van der Waals surface area contributed by atoms with Gasteiger partial charge in [0, 0.05) is 32.2 Å². The van der Waals surface area contributed by atoms with Crippen molar-refractivity contribution in [3.05, 3.63) is 29.8 Å². The number of ether oxygens (including phenoxy) is 1. The summed E-state index contributed by atoms with van der Waals surface area (Å²) in [5.74, 6) is 0.888. The molecule has 0 aliphatic carbocycles. The fourth-order valence-electron chi connectivity index (χ4n) is 2.74. The van der Waals surface area contributed by atoms with Crippen molar-refractivity contribution in [2.45, 2.75) is 32.7 Å². The van der Waals surface area contributed by atoms with E-state index in [-0.39, 0.29) is 18.0 Å². The van der Waals surface area contributed by atoms with E-state index < -0.39 is 0 Å². The molecule has 1 aromatic carbocycles. The van der Waals surface area contributed by atoms with Gasteiger partial charge in [0.25, 0.3) is 0 Å². The maximum absolute atomic E-state index is 12.5. The van der Waals surface area contributed by atoms with Gasteiger partial charge in [-0.05, 0) is 38.0 Å². The minimum Gasteiger partial charge on any atom is -0.497 e. The van der Waals surface area contributed by atoms with E-state index in [0.29, 0.717) is 32.6 Å². The van der Waals surface area contributed by atoms with Crippen molar-refractivity contribution in [2.75, 3.05) is 33.3 Å². The summed E-state index contributed by atoms with van der Waals surface area (Å²) in [6.45, 7) is 6.43. The molecule has 0 aromatic heterocycles. The van der Waals surface area contributed by atoms with Crippen LogP contribution in [0, 0.1) is 0 Å². The summed E-state index contributed by atoms with van der Waals surface area (Å²) < 4.78 is 5.13. The minimum absolute atomic E-state index is 0.0468. The average molecular weight is 333 g/mol.